The average molecular weight is 531 g/mol. The van der Waals surface area contributed by atoms with Gasteiger partial charge in [0.05, 0.1) is 12.1 Å². The van der Waals surface area contributed by atoms with Gasteiger partial charge in [0, 0.05) is 21.3 Å². The minimum Gasteiger partial charge on any atom is -0.329 e. The quantitative estimate of drug-likeness (QED) is 0.178. The van der Waals surface area contributed by atoms with Gasteiger partial charge in [-0.25, -0.2) is 9.59 Å². The van der Waals surface area contributed by atoms with Crippen LogP contribution in [-0.4, -0.2) is 18.3 Å². The van der Waals surface area contributed by atoms with Gasteiger partial charge in [0.15, 0.2) is 0 Å². The fourth-order valence-electron chi connectivity index (χ4n) is 3.86. The van der Waals surface area contributed by atoms with E-state index >= 15 is 0 Å². The molecule has 0 saturated carbocycles. The highest BCUT2D eigenvalue weighted by molar-refractivity contribution is 7.98. The van der Waals surface area contributed by atoms with Gasteiger partial charge in [0.2, 0.25) is 0 Å². The van der Waals surface area contributed by atoms with Crippen molar-refractivity contribution in [2.45, 2.75) is 17.0 Å². The number of rotatable bonds is 8. The van der Waals surface area contributed by atoms with Crippen molar-refractivity contribution in [3.8, 4) is 0 Å². The Morgan fingerprint density at radius 2 is 1.03 bits per heavy atom. The molecule has 4 aromatic rings. The first-order valence-corrected chi connectivity index (χ1v) is 13.3. The van der Waals surface area contributed by atoms with Crippen molar-refractivity contribution in [3.05, 3.63) is 125 Å². The summed E-state index contributed by atoms with van der Waals surface area (Å²) in [5.74, 6) is 0. The molecule has 0 radical (unpaired) electrons. The molecule has 2 unspecified atom stereocenters. The van der Waals surface area contributed by atoms with E-state index in [1.165, 1.54) is 0 Å². The second-order valence-corrected chi connectivity index (χ2v) is 9.53. The summed E-state index contributed by atoms with van der Waals surface area (Å²) in [5.41, 5.74) is 2.96. The summed E-state index contributed by atoms with van der Waals surface area (Å²) in [7, 11) is 0. The molecule has 0 bridgehead atoms. The van der Waals surface area contributed by atoms with Crippen LogP contribution in [-0.2, 0) is 0 Å². The fourth-order valence-corrected chi connectivity index (χ4v) is 4.40. The lowest BCUT2D eigenvalue weighted by molar-refractivity contribution is 0.236. The number of halogens is 1. The highest BCUT2D eigenvalue weighted by Crippen LogP contribution is 2.29. The molecule has 37 heavy (non-hydrogen) atoms. The summed E-state index contributed by atoms with van der Waals surface area (Å²) in [5, 5.41) is 12.4. The SMILES string of the molecule is CSc1ccc(NC(=O)NC(c2ccccc2)C(NC(=O)Nc2ccc(Cl)cc2)c2ccccc2)cc1. The zero-order valence-electron chi connectivity index (χ0n) is 20.1. The lowest BCUT2D eigenvalue weighted by Gasteiger charge is -2.30. The number of hydrogen-bond donors (Lipinski definition) is 4. The molecule has 0 aromatic heterocycles. The molecule has 4 N–H and O–H groups in total. The van der Waals surface area contributed by atoms with Crippen LogP contribution in [0.4, 0.5) is 21.0 Å². The van der Waals surface area contributed by atoms with Crippen molar-refractivity contribution in [2.24, 2.45) is 0 Å². The number of benzene rings is 4. The molecule has 0 aliphatic rings. The molecular weight excluding hydrogens is 504 g/mol. The first-order chi connectivity index (χ1) is 18.0. The molecule has 0 fully saturated rings. The van der Waals surface area contributed by atoms with E-state index in [0.717, 1.165) is 16.0 Å². The summed E-state index contributed by atoms with van der Waals surface area (Å²) in [4.78, 5) is 27.3. The Morgan fingerprint density at radius 1 is 0.622 bits per heavy atom. The maximum absolute atomic E-state index is 13.1. The second kappa shape index (κ2) is 12.9. The van der Waals surface area contributed by atoms with E-state index in [4.69, 9.17) is 11.6 Å². The van der Waals surface area contributed by atoms with Crippen LogP contribution >= 0.6 is 23.4 Å². The Labute approximate surface area is 225 Å². The van der Waals surface area contributed by atoms with Gasteiger partial charge >= 0.3 is 12.1 Å². The van der Waals surface area contributed by atoms with Crippen LogP contribution in [0.1, 0.15) is 23.2 Å². The van der Waals surface area contributed by atoms with Crippen LogP contribution in [0.25, 0.3) is 0 Å². The number of carbonyl (C=O) groups excluding carboxylic acids is 2. The van der Waals surface area contributed by atoms with Crippen molar-refractivity contribution >= 4 is 46.8 Å². The third-order valence-electron chi connectivity index (χ3n) is 5.67. The summed E-state index contributed by atoms with van der Waals surface area (Å²) >= 11 is 7.60. The van der Waals surface area contributed by atoms with Gasteiger partial charge in [-0.3, -0.25) is 0 Å². The average Bonchev–Trinajstić information content (AvgIpc) is 2.93. The van der Waals surface area contributed by atoms with E-state index in [9.17, 15) is 9.59 Å². The van der Waals surface area contributed by atoms with Crippen molar-refractivity contribution in [2.75, 3.05) is 16.9 Å². The van der Waals surface area contributed by atoms with E-state index < -0.39 is 18.1 Å². The molecule has 0 saturated heterocycles. The van der Waals surface area contributed by atoms with E-state index in [2.05, 4.69) is 21.3 Å². The summed E-state index contributed by atoms with van der Waals surface area (Å²) in [6.07, 6.45) is 2.00. The van der Waals surface area contributed by atoms with Gasteiger partial charge in [0.25, 0.3) is 0 Å². The van der Waals surface area contributed by atoms with Crippen molar-refractivity contribution in [1.29, 1.82) is 0 Å². The van der Waals surface area contributed by atoms with E-state index in [0.29, 0.717) is 16.4 Å². The maximum atomic E-state index is 13.1. The number of hydrogen-bond acceptors (Lipinski definition) is 3. The Hall–Kier alpha value is -3.94. The first-order valence-electron chi connectivity index (χ1n) is 11.7. The first kappa shape index (κ1) is 26.1. The smallest absolute Gasteiger partial charge is 0.319 e. The number of anilines is 2. The lowest BCUT2D eigenvalue weighted by Crippen LogP contribution is -2.43. The van der Waals surface area contributed by atoms with Crippen molar-refractivity contribution in [1.82, 2.24) is 10.6 Å². The molecule has 0 heterocycles. The van der Waals surface area contributed by atoms with Gasteiger partial charge < -0.3 is 21.3 Å². The number of thioether (sulfide) groups is 1. The van der Waals surface area contributed by atoms with Crippen LogP contribution < -0.4 is 21.3 Å². The minimum absolute atomic E-state index is 0.383. The molecule has 0 aliphatic heterocycles. The van der Waals surface area contributed by atoms with Gasteiger partial charge in [0.1, 0.15) is 0 Å². The van der Waals surface area contributed by atoms with Crippen LogP contribution in [0, 0.1) is 0 Å². The predicted octanol–water partition coefficient (Wildman–Crippen LogP) is 7.49. The fraction of sp³-hybridized carbons (Fsp3) is 0.103. The highest BCUT2D eigenvalue weighted by Gasteiger charge is 2.28. The highest BCUT2D eigenvalue weighted by atomic mass is 35.5. The topological polar surface area (TPSA) is 82.3 Å². The third-order valence-corrected chi connectivity index (χ3v) is 6.67. The number of nitrogens with one attached hydrogen (secondary N) is 4. The number of amides is 4. The molecule has 6 nitrogen and oxygen atoms in total. The predicted molar refractivity (Wildman–Crippen MR) is 152 cm³/mol. The summed E-state index contributed by atoms with van der Waals surface area (Å²) < 4.78 is 0. The lowest BCUT2D eigenvalue weighted by atomic mass is 9.93. The summed E-state index contributed by atoms with van der Waals surface area (Å²) in [6.45, 7) is 0. The zero-order chi connectivity index (χ0) is 26.0. The van der Waals surface area contributed by atoms with Crippen molar-refractivity contribution in [3.63, 3.8) is 0 Å². The zero-order valence-corrected chi connectivity index (χ0v) is 21.7. The van der Waals surface area contributed by atoms with Gasteiger partial charge in [-0.15, -0.1) is 11.8 Å². The molecule has 0 aliphatic carbocycles. The largest absolute Gasteiger partial charge is 0.329 e. The monoisotopic (exact) mass is 530 g/mol. The molecule has 2 atom stereocenters. The van der Waals surface area contributed by atoms with E-state index in [1.807, 2.05) is 91.2 Å². The van der Waals surface area contributed by atoms with E-state index in [1.54, 1.807) is 36.0 Å². The van der Waals surface area contributed by atoms with Gasteiger partial charge in [-0.1, -0.05) is 72.3 Å². The Bertz CT molecular complexity index is 1300. The van der Waals surface area contributed by atoms with E-state index in [-0.39, 0.29) is 6.03 Å². The number of urea groups is 2. The normalized spacial score (nSPS) is 12.2. The Balaban J connectivity index is 1.59. The number of carbonyl (C=O) groups is 2. The maximum Gasteiger partial charge on any atom is 0.319 e. The molecule has 4 aromatic carbocycles. The molecule has 4 rings (SSSR count). The van der Waals surface area contributed by atoms with Crippen LogP contribution in [0.2, 0.25) is 5.02 Å². The second-order valence-electron chi connectivity index (χ2n) is 8.21. The summed E-state index contributed by atoms with van der Waals surface area (Å²) in [6, 6.07) is 31.6. The van der Waals surface area contributed by atoms with Crippen LogP contribution in [0.5, 0.6) is 0 Å². The van der Waals surface area contributed by atoms with Crippen LogP contribution in [0.3, 0.4) is 0 Å². The standard InChI is InChI=1S/C29H27ClN4O2S/c1-37-25-18-16-24(17-19-25)32-29(36)34-27(21-10-6-3-7-11-21)26(20-8-4-2-5-9-20)33-28(35)31-23-14-12-22(30)13-15-23/h2-19,26-27H,1H3,(H2,31,33,35)(H2,32,34,36). The van der Waals surface area contributed by atoms with Gasteiger partial charge in [-0.2, -0.15) is 0 Å². The molecule has 8 heteroatoms. The molecule has 188 valence electrons. The van der Waals surface area contributed by atoms with Gasteiger partial charge in [-0.05, 0) is 65.9 Å². The molecule has 0 spiro atoms. The van der Waals surface area contributed by atoms with Crippen LogP contribution in [0.15, 0.2) is 114 Å². The Morgan fingerprint density at radius 3 is 1.43 bits per heavy atom. The minimum atomic E-state index is -0.569. The van der Waals surface area contributed by atoms with Crippen molar-refractivity contribution < 1.29 is 9.59 Å². The molecule has 4 amide bonds. The third kappa shape index (κ3) is 7.52. The Kier molecular flexibility index (Phi) is 9.08. The molecular formula is C29H27ClN4O2S.